The van der Waals surface area contributed by atoms with E-state index in [2.05, 4.69) is 29.9 Å². The van der Waals surface area contributed by atoms with Crippen LogP contribution in [0.5, 0.6) is 0 Å². The van der Waals surface area contributed by atoms with Gasteiger partial charge in [0.05, 0.1) is 0 Å². The number of nitrogens with zero attached hydrogens (tertiary/aromatic N) is 1. The Bertz CT molecular complexity index is 53.1. The second-order valence-corrected chi connectivity index (χ2v) is 5.70. The van der Waals surface area contributed by atoms with Crippen molar-refractivity contribution in [1.82, 2.24) is 0 Å². The van der Waals surface area contributed by atoms with Crippen LogP contribution in [0, 0.1) is 0 Å². The molecule has 0 aliphatic rings. The molecule has 0 fully saturated rings. The zero-order valence-electron chi connectivity index (χ0n) is 4.56. The molecule has 0 atom stereocenters. The van der Waals surface area contributed by atoms with E-state index in [4.69, 9.17) is 0 Å². The zero-order valence-corrected chi connectivity index (χ0v) is 5.38. The van der Waals surface area contributed by atoms with Crippen LogP contribution in [0.15, 0.2) is 4.40 Å². The number of hydrogen-bond donors (Lipinski definition) is 0. The molecule has 2 heteroatoms. The highest BCUT2D eigenvalue weighted by atomic mass is 32.3. The zero-order chi connectivity index (χ0) is 5.21. The molecule has 0 aliphatic carbocycles. The minimum atomic E-state index is -0.648. The third kappa shape index (κ3) is 4.02. The fourth-order valence-corrected chi connectivity index (χ4v) is 0. The van der Waals surface area contributed by atoms with Crippen molar-refractivity contribution in [2.24, 2.45) is 4.40 Å². The summed E-state index contributed by atoms with van der Waals surface area (Å²) in [4.78, 5) is 0. The Balaban J connectivity index is 3.45. The van der Waals surface area contributed by atoms with Gasteiger partial charge in [0.1, 0.15) is 0 Å². The van der Waals surface area contributed by atoms with Crippen molar-refractivity contribution in [2.75, 3.05) is 18.8 Å². The molecule has 0 saturated carbocycles. The highest BCUT2D eigenvalue weighted by molar-refractivity contribution is 8.31. The second-order valence-electron chi connectivity index (χ2n) is 1.90. The van der Waals surface area contributed by atoms with Gasteiger partial charge in [0.2, 0.25) is 0 Å². The first kappa shape index (κ1) is 6.02. The summed E-state index contributed by atoms with van der Waals surface area (Å²) in [7, 11) is -0.648. The van der Waals surface area contributed by atoms with E-state index in [0.717, 1.165) is 0 Å². The first-order valence-electron chi connectivity index (χ1n) is 1.72. The van der Waals surface area contributed by atoms with Crippen LogP contribution < -0.4 is 0 Å². The van der Waals surface area contributed by atoms with Gasteiger partial charge in [0, 0.05) is 0 Å². The fourth-order valence-electron chi connectivity index (χ4n) is 0. The Morgan fingerprint density at radius 1 is 1.33 bits per heavy atom. The van der Waals surface area contributed by atoms with Crippen LogP contribution in [-0.2, 0) is 0 Å². The summed E-state index contributed by atoms with van der Waals surface area (Å²) in [5.74, 6) is 0. The van der Waals surface area contributed by atoms with Crippen LogP contribution in [-0.4, -0.2) is 25.5 Å². The molecule has 0 saturated heterocycles. The summed E-state index contributed by atoms with van der Waals surface area (Å²) in [5, 5.41) is 0. The van der Waals surface area contributed by atoms with Gasteiger partial charge in [-0.05, 0) is 25.5 Å². The van der Waals surface area contributed by atoms with Crippen molar-refractivity contribution in [2.45, 2.75) is 0 Å². The summed E-state index contributed by atoms with van der Waals surface area (Å²) in [6.07, 6.45) is 6.29. The van der Waals surface area contributed by atoms with Crippen LogP contribution in [0.25, 0.3) is 0 Å². The van der Waals surface area contributed by atoms with Crippen molar-refractivity contribution in [3.8, 4) is 0 Å². The first-order chi connectivity index (χ1) is 2.56. The topological polar surface area (TPSA) is 12.4 Å². The van der Waals surface area contributed by atoms with E-state index in [1.165, 1.54) is 0 Å². The minimum Gasteiger partial charge on any atom is -0.254 e. The molecular weight excluding hydrogens is 94.1 g/mol. The lowest BCUT2D eigenvalue weighted by Crippen LogP contribution is -1.81. The van der Waals surface area contributed by atoms with Gasteiger partial charge in [-0.15, -0.1) is 0 Å². The van der Waals surface area contributed by atoms with Gasteiger partial charge in [0.25, 0.3) is 0 Å². The summed E-state index contributed by atoms with van der Waals surface area (Å²) < 4.78 is 3.85. The third-order valence-electron chi connectivity index (χ3n) is 0.387. The molecule has 0 heterocycles. The Labute approximate surface area is 40.9 Å². The Hall–Kier alpha value is 0.0200. The first-order valence-corrected chi connectivity index (χ1v) is 4.54. The van der Waals surface area contributed by atoms with E-state index in [1.807, 2.05) is 0 Å². The van der Waals surface area contributed by atoms with Crippen molar-refractivity contribution in [3.63, 3.8) is 0 Å². The largest absolute Gasteiger partial charge is 0.254 e. The second kappa shape index (κ2) is 1.65. The minimum absolute atomic E-state index is 0.648. The summed E-state index contributed by atoms with van der Waals surface area (Å²) in [6.45, 7) is 3.42. The Morgan fingerprint density at radius 2 is 1.50 bits per heavy atom. The predicted octanol–water partition coefficient (Wildman–Crippen LogP) is 1.30. The maximum Gasteiger partial charge on any atom is -0.00317 e. The van der Waals surface area contributed by atoms with Gasteiger partial charge in [-0.3, -0.25) is 4.40 Å². The highest BCUT2D eigenvalue weighted by Crippen LogP contribution is 2.34. The van der Waals surface area contributed by atoms with Crippen LogP contribution in [0.3, 0.4) is 0 Å². The molecule has 0 amide bonds. The molecule has 0 rings (SSSR count). The highest BCUT2D eigenvalue weighted by Gasteiger charge is 1.92. The van der Waals surface area contributed by atoms with Gasteiger partial charge in [0.15, 0.2) is 0 Å². The lowest BCUT2D eigenvalue weighted by atomic mass is 11.8. The lowest BCUT2D eigenvalue weighted by Gasteiger charge is -2.15. The van der Waals surface area contributed by atoms with Crippen molar-refractivity contribution in [3.05, 3.63) is 0 Å². The average Bonchev–Trinajstić information content (AvgIpc) is 1.35. The predicted molar refractivity (Wildman–Crippen MR) is 34.9 cm³/mol. The quantitative estimate of drug-likeness (QED) is 0.446. The maximum atomic E-state index is 3.85. The molecule has 1 nitrogen and oxygen atoms in total. The SMILES string of the molecule is C=NS(C)(C)C. The molecule has 0 aliphatic heterocycles. The number of rotatable bonds is 1. The van der Waals surface area contributed by atoms with Gasteiger partial charge < -0.3 is 0 Å². The molecule has 0 N–H and O–H groups in total. The molecule has 38 valence electrons. The van der Waals surface area contributed by atoms with E-state index < -0.39 is 10.2 Å². The van der Waals surface area contributed by atoms with Crippen molar-refractivity contribution in [1.29, 1.82) is 0 Å². The maximum absolute atomic E-state index is 3.85. The van der Waals surface area contributed by atoms with E-state index >= 15 is 0 Å². The van der Waals surface area contributed by atoms with Crippen LogP contribution in [0.1, 0.15) is 0 Å². The molecule has 0 spiro atoms. The van der Waals surface area contributed by atoms with Gasteiger partial charge in [-0.2, -0.15) is 10.2 Å². The third-order valence-corrected chi connectivity index (χ3v) is 1.16. The van der Waals surface area contributed by atoms with Crippen LogP contribution in [0.4, 0.5) is 0 Å². The van der Waals surface area contributed by atoms with E-state index in [-0.39, 0.29) is 0 Å². The molecule has 0 bridgehead atoms. The van der Waals surface area contributed by atoms with Crippen LogP contribution >= 0.6 is 10.2 Å². The molecule has 6 heavy (non-hydrogen) atoms. The summed E-state index contributed by atoms with van der Waals surface area (Å²) >= 11 is 0. The van der Waals surface area contributed by atoms with Gasteiger partial charge in [-0.1, -0.05) is 0 Å². The van der Waals surface area contributed by atoms with Gasteiger partial charge in [-0.25, -0.2) is 0 Å². The van der Waals surface area contributed by atoms with E-state index in [0.29, 0.717) is 0 Å². The Kier molecular flexibility index (Phi) is 1.65. The van der Waals surface area contributed by atoms with Crippen molar-refractivity contribution < 1.29 is 0 Å². The molecule has 0 aromatic rings. The van der Waals surface area contributed by atoms with Gasteiger partial charge >= 0.3 is 0 Å². The van der Waals surface area contributed by atoms with Crippen molar-refractivity contribution >= 4 is 16.9 Å². The van der Waals surface area contributed by atoms with Crippen LogP contribution in [0.2, 0.25) is 0 Å². The van der Waals surface area contributed by atoms with E-state index in [1.54, 1.807) is 0 Å². The fraction of sp³-hybridized carbons (Fsp3) is 0.750. The standard InChI is InChI=1S/C4H11NS/c1-5-6(2,3)4/h1H2,2-4H3. The Morgan fingerprint density at radius 3 is 1.50 bits per heavy atom. The lowest BCUT2D eigenvalue weighted by molar-refractivity contribution is 1.86. The molecule has 0 aromatic carbocycles. The monoisotopic (exact) mass is 105 g/mol. The molecule has 0 aromatic heterocycles. The number of hydrogen-bond acceptors (Lipinski definition) is 1. The summed E-state index contributed by atoms with van der Waals surface area (Å²) in [5.41, 5.74) is 0. The molecule has 0 radical (unpaired) electrons. The normalized spacial score (nSPS) is 13.8. The summed E-state index contributed by atoms with van der Waals surface area (Å²) in [6, 6.07) is 0. The smallest absolute Gasteiger partial charge is 0.00317 e. The molecular formula is C4H11NS. The average molecular weight is 105 g/mol. The van der Waals surface area contributed by atoms with E-state index in [9.17, 15) is 0 Å². The molecule has 0 unspecified atom stereocenters.